The molecule has 0 atom stereocenters. The highest BCUT2D eigenvalue weighted by atomic mass is 32.1. The zero-order chi connectivity index (χ0) is 16.4. The van der Waals surface area contributed by atoms with Crippen molar-refractivity contribution in [2.75, 3.05) is 0 Å². The first-order valence-electron chi connectivity index (χ1n) is 8.86. The maximum absolute atomic E-state index is 12.6. The highest BCUT2D eigenvalue weighted by Gasteiger charge is 2.49. The molecule has 1 aliphatic heterocycles. The standard InChI is InChI=1S/C20H20O3S/c1-10(13-2-3-24-9-13)16-18(20(22)23-19(16)21)17-14-5-11-4-12(7-14)8-15(17)6-11/h2-3,9,11-12,14-15H,4-8H2,1H3. The van der Waals surface area contributed by atoms with E-state index < -0.39 is 11.9 Å². The topological polar surface area (TPSA) is 43.4 Å². The normalized spacial score (nSPS) is 36.5. The van der Waals surface area contributed by atoms with Crippen LogP contribution in [-0.4, -0.2) is 11.9 Å². The fourth-order valence-electron chi connectivity index (χ4n) is 5.72. The lowest BCUT2D eigenvalue weighted by Gasteiger charge is -2.51. The van der Waals surface area contributed by atoms with Crippen molar-refractivity contribution in [2.45, 2.75) is 39.0 Å². The minimum Gasteiger partial charge on any atom is -0.386 e. The third-order valence-corrected chi connectivity index (χ3v) is 7.16. The summed E-state index contributed by atoms with van der Waals surface area (Å²) in [7, 11) is 0. The van der Waals surface area contributed by atoms with Crippen LogP contribution in [0.15, 0.2) is 33.5 Å². The van der Waals surface area contributed by atoms with Gasteiger partial charge in [-0.1, -0.05) is 0 Å². The molecule has 5 fully saturated rings. The first kappa shape index (κ1) is 14.6. The number of rotatable bonds is 1. The van der Waals surface area contributed by atoms with Crippen molar-refractivity contribution >= 4 is 28.8 Å². The van der Waals surface area contributed by atoms with Crippen molar-refractivity contribution < 1.29 is 14.3 Å². The number of thiophene rings is 1. The smallest absolute Gasteiger partial charge is 0.347 e. The summed E-state index contributed by atoms with van der Waals surface area (Å²) in [5, 5.41) is 4.02. The molecule has 6 rings (SSSR count). The average Bonchev–Trinajstić information content (AvgIpc) is 3.15. The van der Waals surface area contributed by atoms with Crippen molar-refractivity contribution in [3.05, 3.63) is 39.1 Å². The Kier molecular flexibility index (Phi) is 3.15. The van der Waals surface area contributed by atoms with Crippen molar-refractivity contribution in [3.63, 3.8) is 0 Å². The van der Waals surface area contributed by atoms with Crippen LogP contribution in [0.4, 0.5) is 0 Å². The van der Waals surface area contributed by atoms with Crippen LogP contribution in [0, 0.1) is 23.7 Å². The van der Waals surface area contributed by atoms with E-state index in [4.69, 9.17) is 4.74 Å². The highest BCUT2D eigenvalue weighted by molar-refractivity contribution is 7.08. The van der Waals surface area contributed by atoms with Crippen LogP contribution in [0.2, 0.25) is 0 Å². The Balaban J connectivity index is 1.69. The van der Waals surface area contributed by atoms with Gasteiger partial charge in [-0.15, -0.1) is 0 Å². The van der Waals surface area contributed by atoms with Gasteiger partial charge in [-0.05, 0) is 96.2 Å². The summed E-state index contributed by atoms with van der Waals surface area (Å²) in [6.07, 6.45) is 6.14. The summed E-state index contributed by atoms with van der Waals surface area (Å²) in [5.74, 6) is 1.76. The van der Waals surface area contributed by atoms with Crippen LogP contribution in [0.3, 0.4) is 0 Å². The number of carbonyl (C=O) groups excluding carboxylic acids is 2. The molecule has 0 unspecified atom stereocenters. The zero-order valence-electron chi connectivity index (χ0n) is 13.7. The number of allylic oxidation sites excluding steroid dienone is 2. The predicted molar refractivity (Wildman–Crippen MR) is 92.1 cm³/mol. The Bertz CT molecular complexity index is 767. The monoisotopic (exact) mass is 340 g/mol. The first-order chi connectivity index (χ1) is 11.6. The summed E-state index contributed by atoms with van der Waals surface area (Å²) in [6.45, 7) is 1.94. The van der Waals surface area contributed by atoms with Gasteiger partial charge in [0.1, 0.15) is 0 Å². The Morgan fingerprint density at radius 2 is 1.71 bits per heavy atom. The zero-order valence-corrected chi connectivity index (χ0v) is 14.5. The molecule has 0 N–H and O–H groups in total. The fraction of sp³-hybridized carbons (Fsp3) is 0.500. The highest BCUT2D eigenvalue weighted by Crippen LogP contribution is 2.58. The van der Waals surface area contributed by atoms with Gasteiger partial charge in [-0.2, -0.15) is 11.3 Å². The van der Waals surface area contributed by atoms with Crippen LogP contribution in [-0.2, 0) is 14.3 Å². The van der Waals surface area contributed by atoms with Gasteiger partial charge in [-0.25, -0.2) is 9.59 Å². The van der Waals surface area contributed by atoms with E-state index in [0.29, 0.717) is 23.0 Å². The van der Waals surface area contributed by atoms with Crippen LogP contribution < -0.4 is 0 Å². The lowest BCUT2D eigenvalue weighted by molar-refractivity contribution is -0.149. The van der Waals surface area contributed by atoms with Gasteiger partial charge in [0.15, 0.2) is 0 Å². The molecule has 124 valence electrons. The summed E-state index contributed by atoms with van der Waals surface area (Å²) in [4.78, 5) is 25.0. The molecule has 4 bridgehead atoms. The molecule has 5 aliphatic rings. The molecule has 0 spiro atoms. The molecule has 4 saturated carbocycles. The van der Waals surface area contributed by atoms with Gasteiger partial charge < -0.3 is 4.74 Å². The van der Waals surface area contributed by atoms with E-state index in [1.54, 1.807) is 11.3 Å². The van der Waals surface area contributed by atoms with Crippen LogP contribution >= 0.6 is 11.3 Å². The average molecular weight is 340 g/mol. The third-order valence-electron chi connectivity index (χ3n) is 6.48. The minimum atomic E-state index is -0.458. The molecule has 3 nitrogen and oxygen atoms in total. The molecule has 1 saturated heterocycles. The van der Waals surface area contributed by atoms with Crippen molar-refractivity contribution in [1.29, 1.82) is 0 Å². The number of hydrogen-bond acceptors (Lipinski definition) is 4. The van der Waals surface area contributed by atoms with Gasteiger partial charge in [0.05, 0.1) is 11.1 Å². The lowest BCUT2D eigenvalue weighted by Crippen LogP contribution is -2.41. The van der Waals surface area contributed by atoms with E-state index >= 15 is 0 Å². The molecule has 0 radical (unpaired) electrons. The molecule has 2 heterocycles. The largest absolute Gasteiger partial charge is 0.386 e. The predicted octanol–water partition coefficient (Wildman–Crippen LogP) is 4.36. The van der Waals surface area contributed by atoms with E-state index in [1.165, 1.54) is 37.7 Å². The van der Waals surface area contributed by atoms with Gasteiger partial charge in [0.25, 0.3) is 0 Å². The first-order valence-corrected chi connectivity index (χ1v) is 9.80. The van der Waals surface area contributed by atoms with Crippen LogP contribution in [0.5, 0.6) is 0 Å². The van der Waals surface area contributed by atoms with Crippen LogP contribution in [0.25, 0.3) is 5.57 Å². The maximum atomic E-state index is 12.6. The molecule has 4 heteroatoms. The van der Waals surface area contributed by atoms with E-state index in [9.17, 15) is 9.59 Å². The van der Waals surface area contributed by atoms with E-state index in [0.717, 1.165) is 23.0 Å². The Morgan fingerprint density at radius 3 is 2.29 bits per heavy atom. The number of ether oxygens (including phenoxy) is 1. The molecule has 1 aromatic heterocycles. The van der Waals surface area contributed by atoms with Gasteiger partial charge in [0, 0.05) is 0 Å². The SMILES string of the molecule is CC(=C1C(=O)OC(=O)C1=C1C2CC3CC(C2)CC1C3)c1ccsc1. The summed E-state index contributed by atoms with van der Waals surface area (Å²) in [6, 6.07) is 2.00. The molecule has 1 aromatic rings. The number of hydrogen-bond donors (Lipinski definition) is 0. The molecule has 0 amide bonds. The Labute approximate surface area is 145 Å². The summed E-state index contributed by atoms with van der Waals surface area (Å²) in [5.41, 5.74) is 4.30. The second-order valence-corrected chi connectivity index (χ2v) is 8.60. The second kappa shape index (κ2) is 5.16. The van der Waals surface area contributed by atoms with Crippen LogP contribution in [0.1, 0.15) is 44.6 Å². The summed E-state index contributed by atoms with van der Waals surface area (Å²) < 4.78 is 5.07. The van der Waals surface area contributed by atoms with E-state index in [-0.39, 0.29) is 0 Å². The molecule has 0 aromatic carbocycles. The Morgan fingerprint density at radius 1 is 1.04 bits per heavy atom. The Hall–Kier alpha value is -1.68. The maximum Gasteiger partial charge on any atom is 0.347 e. The van der Waals surface area contributed by atoms with E-state index in [1.807, 2.05) is 23.8 Å². The summed E-state index contributed by atoms with van der Waals surface area (Å²) >= 11 is 1.60. The van der Waals surface area contributed by atoms with Gasteiger partial charge >= 0.3 is 11.9 Å². The lowest BCUT2D eigenvalue weighted by atomic mass is 9.53. The molecule has 24 heavy (non-hydrogen) atoms. The van der Waals surface area contributed by atoms with Gasteiger partial charge in [0.2, 0.25) is 0 Å². The fourth-order valence-corrected chi connectivity index (χ4v) is 6.42. The second-order valence-electron chi connectivity index (χ2n) is 7.82. The number of esters is 2. The molecule has 4 aliphatic carbocycles. The van der Waals surface area contributed by atoms with Crippen molar-refractivity contribution in [2.24, 2.45) is 23.7 Å². The number of cyclic esters (lactones) is 2. The van der Waals surface area contributed by atoms with Gasteiger partial charge in [-0.3, -0.25) is 0 Å². The van der Waals surface area contributed by atoms with Crippen molar-refractivity contribution in [3.8, 4) is 0 Å². The van der Waals surface area contributed by atoms with Crippen molar-refractivity contribution in [1.82, 2.24) is 0 Å². The third kappa shape index (κ3) is 2.02. The quantitative estimate of drug-likeness (QED) is 0.433. The number of carbonyl (C=O) groups is 2. The molecular weight excluding hydrogens is 320 g/mol. The molecular formula is C20H20O3S. The van der Waals surface area contributed by atoms with E-state index in [2.05, 4.69) is 0 Å². The minimum absolute atomic E-state index is 0.410.